The third-order valence-electron chi connectivity index (χ3n) is 4.91. The molecule has 2 nitrogen and oxygen atoms in total. The summed E-state index contributed by atoms with van der Waals surface area (Å²) < 4.78 is 29.5. The zero-order valence-corrected chi connectivity index (χ0v) is 14.4. The Labute approximate surface area is 148 Å². The molecule has 0 aromatic heterocycles. The van der Waals surface area contributed by atoms with E-state index < -0.39 is 6.61 Å². The first-order chi connectivity index (χ1) is 12.2. The van der Waals surface area contributed by atoms with Gasteiger partial charge in [-0.2, -0.15) is 8.78 Å². The largest absolute Gasteiger partial charge is 0.345 e. The highest BCUT2D eigenvalue weighted by molar-refractivity contribution is 5.17. The van der Waals surface area contributed by atoms with Crippen LogP contribution in [0.2, 0.25) is 0 Å². The zero-order valence-electron chi connectivity index (χ0n) is 14.4. The molecule has 25 heavy (non-hydrogen) atoms. The molecule has 134 valence electrons. The van der Waals surface area contributed by atoms with Crippen LogP contribution < -0.4 is 0 Å². The van der Waals surface area contributed by atoms with Gasteiger partial charge in [-0.25, -0.2) is 0 Å². The molecule has 2 aromatic rings. The van der Waals surface area contributed by atoms with Gasteiger partial charge < -0.3 is 4.74 Å². The molecule has 2 aromatic carbocycles. The summed E-state index contributed by atoms with van der Waals surface area (Å²) in [4.78, 5) is 2.48. The number of rotatable bonds is 7. The minimum absolute atomic E-state index is 0.299. The molecular formula is C21H25F2NO. The zero-order chi connectivity index (χ0) is 17.5. The maximum absolute atomic E-state index is 12.4. The molecule has 1 fully saturated rings. The van der Waals surface area contributed by atoms with Gasteiger partial charge in [0, 0.05) is 19.1 Å². The predicted molar refractivity (Wildman–Crippen MR) is 95.3 cm³/mol. The summed E-state index contributed by atoms with van der Waals surface area (Å²) in [5, 5.41) is 0. The molecule has 0 atom stereocenters. The van der Waals surface area contributed by atoms with Crippen molar-refractivity contribution in [3.63, 3.8) is 0 Å². The molecule has 0 bridgehead atoms. The number of ether oxygens (including phenoxy) is 1. The highest BCUT2D eigenvalue weighted by Crippen LogP contribution is 2.28. The Morgan fingerprint density at radius 3 is 1.72 bits per heavy atom. The van der Waals surface area contributed by atoms with E-state index in [1.165, 1.54) is 11.1 Å². The highest BCUT2D eigenvalue weighted by atomic mass is 19.3. The molecule has 4 heteroatoms. The second-order valence-electron chi connectivity index (χ2n) is 6.70. The lowest BCUT2D eigenvalue weighted by Crippen LogP contribution is -2.39. The Morgan fingerprint density at radius 2 is 1.28 bits per heavy atom. The van der Waals surface area contributed by atoms with Gasteiger partial charge in [-0.1, -0.05) is 60.7 Å². The highest BCUT2D eigenvalue weighted by Gasteiger charge is 2.28. The molecule has 0 amide bonds. The molecule has 1 saturated carbocycles. The maximum atomic E-state index is 12.4. The van der Waals surface area contributed by atoms with Crippen LogP contribution in [0.4, 0.5) is 8.78 Å². The van der Waals surface area contributed by atoms with Gasteiger partial charge in [-0.3, -0.25) is 4.90 Å². The SMILES string of the molecule is FC(F)O[C@H]1CC[C@@H](N(Cc2ccccc2)Cc2ccccc2)CC1. The van der Waals surface area contributed by atoms with Crippen LogP contribution in [0.15, 0.2) is 60.7 Å². The number of alkyl halides is 2. The number of halogens is 2. The summed E-state index contributed by atoms with van der Waals surface area (Å²) in [6.07, 6.45) is 2.91. The summed E-state index contributed by atoms with van der Waals surface area (Å²) >= 11 is 0. The van der Waals surface area contributed by atoms with Gasteiger partial charge in [0.15, 0.2) is 0 Å². The fraction of sp³-hybridized carbons (Fsp3) is 0.429. The Balaban J connectivity index is 1.66. The molecule has 0 saturated heterocycles. The fourth-order valence-corrected chi connectivity index (χ4v) is 3.64. The van der Waals surface area contributed by atoms with E-state index in [1.807, 2.05) is 12.1 Å². The first-order valence-corrected chi connectivity index (χ1v) is 8.96. The second-order valence-corrected chi connectivity index (χ2v) is 6.70. The lowest BCUT2D eigenvalue weighted by Gasteiger charge is -2.37. The van der Waals surface area contributed by atoms with Gasteiger partial charge in [0.05, 0.1) is 6.10 Å². The molecule has 0 unspecified atom stereocenters. The van der Waals surface area contributed by atoms with E-state index in [0.29, 0.717) is 18.9 Å². The quantitative estimate of drug-likeness (QED) is 0.680. The van der Waals surface area contributed by atoms with Crippen LogP contribution >= 0.6 is 0 Å². The van der Waals surface area contributed by atoms with E-state index >= 15 is 0 Å². The molecule has 3 rings (SSSR count). The van der Waals surface area contributed by atoms with E-state index in [9.17, 15) is 8.78 Å². The average molecular weight is 345 g/mol. The standard InChI is InChI=1S/C21H25F2NO/c22-21(23)25-20-13-11-19(12-14-20)24(15-17-7-3-1-4-8-17)16-18-9-5-2-6-10-18/h1-10,19-21H,11-16H2/t19-,20+. The van der Waals surface area contributed by atoms with Crippen molar-refractivity contribution < 1.29 is 13.5 Å². The van der Waals surface area contributed by atoms with Crippen molar-refractivity contribution in [2.24, 2.45) is 0 Å². The van der Waals surface area contributed by atoms with Crippen molar-refractivity contribution in [3.05, 3.63) is 71.8 Å². The van der Waals surface area contributed by atoms with Gasteiger partial charge in [0.1, 0.15) is 0 Å². The third kappa shape index (κ3) is 5.62. The van der Waals surface area contributed by atoms with Crippen molar-refractivity contribution >= 4 is 0 Å². The van der Waals surface area contributed by atoms with E-state index in [0.717, 1.165) is 25.9 Å². The van der Waals surface area contributed by atoms with E-state index in [1.54, 1.807) is 0 Å². The third-order valence-corrected chi connectivity index (χ3v) is 4.91. The molecule has 1 aliphatic rings. The lowest BCUT2D eigenvalue weighted by molar-refractivity contribution is -0.172. The van der Waals surface area contributed by atoms with Gasteiger partial charge >= 0.3 is 6.61 Å². The summed E-state index contributed by atoms with van der Waals surface area (Å²) in [6, 6.07) is 21.3. The van der Waals surface area contributed by atoms with Crippen LogP contribution in [0.1, 0.15) is 36.8 Å². The minimum atomic E-state index is -2.66. The van der Waals surface area contributed by atoms with Crippen molar-refractivity contribution in [3.8, 4) is 0 Å². The number of hydrogen-bond donors (Lipinski definition) is 0. The van der Waals surface area contributed by atoms with Crippen LogP contribution in [-0.2, 0) is 17.8 Å². The summed E-state index contributed by atoms with van der Waals surface area (Å²) in [5.41, 5.74) is 2.56. The smallest absolute Gasteiger partial charge is 0.320 e. The summed E-state index contributed by atoms with van der Waals surface area (Å²) in [5.74, 6) is 0. The van der Waals surface area contributed by atoms with Crippen molar-refractivity contribution in [2.75, 3.05) is 0 Å². The first kappa shape index (κ1) is 18.0. The van der Waals surface area contributed by atoms with Crippen LogP contribution in [0.25, 0.3) is 0 Å². The molecule has 0 spiro atoms. The van der Waals surface area contributed by atoms with Crippen LogP contribution in [0.3, 0.4) is 0 Å². The summed E-state index contributed by atoms with van der Waals surface area (Å²) in [6.45, 7) is -0.909. The van der Waals surface area contributed by atoms with E-state index in [4.69, 9.17) is 4.74 Å². The van der Waals surface area contributed by atoms with Gasteiger partial charge in [-0.15, -0.1) is 0 Å². The molecular weight excluding hydrogens is 320 g/mol. The first-order valence-electron chi connectivity index (χ1n) is 8.96. The lowest BCUT2D eigenvalue weighted by atomic mass is 9.91. The van der Waals surface area contributed by atoms with Crippen molar-refractivity contribution in [1.82, 2.24) is 4.90 Å². The average Bonchev–Trinajstić information content (AvgIpc) is 2.63. The fourth-order valence-electron chi connectivity index (χ4n) is 3.64. The number of hydrogen-bond acceptors (Lipinski definition) is 2. The second kappa shape index (κ2) is 9.07. The molecule has 0 N–H and O–H groups in total. The Hall–Kier alpha value is -1.78. The van der Waals surface area contributed by atoms with Crippen molar-refractivity contribution in [1.29, 1.82) is 0 Å². The van der Waals surface area contributed by atoms with E-state index in [-0.39, 0.29) is 6.10 Å². The Bertz CT molecular complexity index is 571. The predicted octanol–water partition coefficient (Wildman–Crippen LogP) is 5.24. The topological polar surface area (TPSA) is 12.5 Å². The molecule has 1 aliphatic carbocycles. The van der Waals surface area contributed by atoms with Crippen LogP contribution in [0.5, 0.6) is 0 Å². The monoisotopic (exact) mass is 345 g/mol. The maximum Gasteiger partial charge on any atom is 0.345 e. The van der Waals surface area contributed by atoms with Gasteiger partial charge in [0.25, 0.3) is 0 Å². The number of nitrogens with zero attached hydrogens (tertiary/aromatic N) is 1. The molecule has 0 radical (unpaired) electrons. The van der Waals surface area contributed by atoms with Crippen LogP contribution in [0, 0.1) is 0 Å². The van der Waals surface area contributed by atoms with Gasteiger partial charge in [0.2, 0.25) is 0 Å². The van der Waals surface area contributed by atoms with Crippen molar-refractivity contribution in [2.45, 2.75) is 57.5 Å². The van der Waals surface area contributed by atoms with E-state index in [2.05, 4.69) is 53.4 Å². The molecule has 0 aliphatic heterocycles. The minimum Gasteiger partial charge on any atom is -0.320 e. The number of benzene rings is 2. The normalized spacial score (nSPS) is 21.0. The van der Waals surface area contributed by atoms with Crippen LogP contribution in [-0.4, -0.2) is 23.7 Å². The Kier molecular flexibility index (Phi) is 6.54. The molecule has 0 heterocycles. The van der Waals surface area contributed by atoms with Gasteiger partial charge in [-0.05, 0) is 36.8 Å². The Morgan fingerprint density at radius 1 is 0.800 bits per heavy atom. The summed E-state index contributed by atoms with van der Waals surface area (Å²) in [7, 11) is 0.